The summed E-state index contributed by atoms with van der Waals surface area (Å²) in [5, 5.41) is 9.25. The predicted octanol–water partition coefficient (Wildman–Crippen LogP) is 2.38. The van der Waals surface area contributed by atoms with Crippen molar-refractivity contribution < 1.29 is 14.3 Å². The summed E-state index contributed by atoms with van der Waals surface area (Å²) in [6.45, 7) is 5.81. The number of nitrogens with one attached hydrogen (secondary N) is 3. The van der Waals surface area contributed by atoms with Crippen LogP contribution < -0.4 is 25.4 Å². The van der Waals surface area contributed by atoms with Gasteiger partial charge in [0.1, 0.15) is 12.6 Å². The molecule has 30 heavy (non-hydrogen) atoms. The standard InChI is InChI=1S/C23H32N4O3/c1-4-24-23(26-16-18(2)30-21-13-9-8-12-20(21)29-3)27-17-22(28)25-15-14-19-10-6-5-7-11-19/h5-13,18H,4,14-17H2,1-3H3,(H,25,28)(H2,24,26,27). The fourth-order valence-electron chi connectivity index (χ4n) is 2.75. The van der Waals surface area contributed by atoms with Crippen molar-refractivity contribution in [2.45, 2.75) is 26.4 Å². The molecule has 7 nitrogen and oxygen atoms in total. The van der Waals surface area contributed by atoms with Crippen LogP contribution in [0.1, 0.15) is 19.4 Å². The Bertz CT molecular complexity index is 796. The minimum atomic E-state index is -0.121. The maximum absolute atomic E-state index is 12.1. The van der Waals surface area contributed by atoms with Crippen molar-refractivity contribution in [1.29, 1.82) is 0 Å². The number of amides is 1. The Morgan fingerprint density at radius 3 is 2.40 bits per heavy atom. The number of hydrogen-bond acceptors (Lipinski definition) is 4. The topological polar surface area (TPSA) is 84.0 Å². The van der Waals surface area contributed by atoms with E-state index >= 15 is 0 Å². The molecule has 0 bridgehead atoms. The molecule has 2 aromatic carbocycles. The third kappa shape index (κ3) is 8.43. The van der Waals surface area contributed by atoms with E-state index in [1.54, 1.807) is 7.11 Å². The van der Waals surface area contributed by atoms with Crippen LogP contribution in [0, 0.1) is 0 Å². The van der Waals surface area contributed by atoms with Gasteiger partial charge in [0.25, 0.3) is 0 Å². The van der Waals surface area contributed by atoms with Crippen molar-refractivity contribution in [1.82, 2.24) is 16.0 Å². The molecular weight excluding hydrogens is 380 g/mol. The van der Waals surface area contributed by atoms with E-state index in [9.17, 15) is 4.79 Å². The summed E-state index contributed by atoms with van der Waals surface area (Å²) in [4.78, 5) is 16.4. The molecular formula is C23H32N4O3. The normalized spacial score (nSPS) is 12.0. The molecule has 3 N–H and O–H groups in total. The molecule has 0 saturated carbocycles. The summed E-state index contributed by atoms with van der Waals surface area (Å²) in [5.74, 6) is 1.85. The number of rotatable bonds is 11. The zero-order valence-electron chi connectivity index (χ0n) is 18.0. The van der Waals surface area contributed by atoms with Crippen LogP contribution in [0.5, 0.6) is 11.5 Å². The first-order valence-electron chi connectivity index (χ1n) is 10.2. The van der Waals surface area contributed by atoms with E-state index in [-0.39, 0.29) is 18.6 Å². The first kappa shape index (κ1) is 23.1. The minimum absolute atomic E-state index is 0.0614. The van der Waals surface area contributed by atoms with Crippen molar-refractivity contribution in [3.63, 3.8) is 0 Å². The van der Waals surface area contributed by atoms with E-state index < -0.39 is 0 Å². The maximum atomic E-state index is 12.1. The molecule has 2 aromatic rings. The van der Waals surface area contributed by atoms with E-state index in [1.807, 2.05) is 68.4 Å². The van der Waals surface area contributed by atoms with Crippen molar-refractivity contribution >= 4 is 11.9 Å². The Labute approximate surface area is 178 Å². The molecule has 1 atom stereocenters. The lowest BCUT2D eigenvalue weighted by Gasteiger charge is -2.19. The third-order valence-corrected chi connectivity index (χ3v) is 4.26. The van der Waals surface area contributed by atoms with Gasteiger partial charge < -0.3 is 25.4 Å². The van der Waals surface area contributed by atoms with Crippen LogP contribution in [0.15, 0.2) is 59.6 Å². The van der Waals surface area contributed by atoms with Crippen molar-refractivity contribution in [3.8, 4) is 11.5 Å². The highest BCUT2D eigenvalue weighted by Gasteiger charge is 2.10. The largest absolute Gasteiger partial charge is 0.493 e. The number of benzene rings is 2. The molecule has 0 aliphatic heterocycles. The number of guanidine groups is 1. The van der Waals surface area contributed by atoms with Crippen LogP contribution >= 0.6 is 0 Å². The van der Waals surface area contributed by atoms with Crippen molar-refractivity contribution in [3.05, 3.63) is 60.2 Å². The third-order valence-electron chi connectivity index (χ3n) is 4.26. The van der Waals surface area contributed by atoms with Gasteiger partial charge in [-0.3, -0.25) is 4.79 Å². The molecule has 0 radical (unpaired) electrons. The highest BCUT2D eigenvalue weighted by atomic mass is 16.5. The minimum Gasteiger partial charge on any atom is -0.493 e. The summed E-state index contributed by atoms with van der Waals surface area (Å²) in [7, 11) is 1.62. The summed E-state index contributed by atoms with van der Waals surface area (Å²) in [5.41, 5.74) is 1.19. The summed E-state index contributed by atoms with van der Waals surface area (Å²) < 4.78 is 11.2. The van der Waals surface area contributed by atoms with Crippen molar-refractivity contribution in [2.24, 2.45) is 4.99 Å². The zero-order chi connectivity index (χ0) is 21.6. The Kier molecular flexibility index (Phi) is 10.1. The predicted molar refractivity (Wildman–Crippen MR) is 120 cm³/mol. The molecule has 0 aliphatic rings. The van der Waals surface area contributed by atoms with Gasteiger partial charge >= 0.3 is 0 Å². The fourth-order valence-corrected chi connectivity index (χ4v) is 2.75. The summed E-state index contributed by atoms with van der Waals surface area (Å²) in [6, 6.07) is 17.6. The Morgan fingerprint density at radius 1 is 1.00 bits per heavy atom. The molecule has 0 spiro atoms. The van der Waals surface area contributed by atoms with E-state index in [2.05, 4.69) is 20.9 Å². The SMILES string of the molecule is CCNC(=NCC(=O)NCCc1ccccc1)NCC(C)Oc1ccccc1OC. The van der Waals surface area contributed by atoms with Crippen LogP contribution in [-0.2, 0) is 11.2 Å². The second-order valence-electron chi connectivity index (χ2n) is 6.74. The number of ether oxygens (including phenoxy) is 2. The van der Waals surface area contributed by atoms with E-state index in [1.165, 1.54) is 5.56 Å². The number of carbonyl (C=O) groups excluding carboxylic acids is 1. The Balaban J connectivity index is 1.76. The molecule has 2 rings (SSSR count). The van der Waals surface area contributed by atoms with Gasteiger partial charge in [0, 0.05) is 13.1 Å². The highest BCUT2D eigenvalue weighted by Crippen LogP contribution is 2.26. The highest BCUT2D eigenvalue weighted by molar-refractivity contribution is 5.84. The number of carbonyl (C=O) groups is 1. The monoisotopic (exact) mass is 412 g/mol. The zero-order valence-corrected chi connectivity index (χ0v) is 18.0. The van der Waals surface area contributed by atoms with Gasteiger partial charge in [-0.25, -0.2) is 4.99 Å². The van der Waals surface area contributed by atoms with Crippen molar-refractivity contribution in [2.75, 3.05) is 33.3 Å². The molecule has 0 saturated heterocycles. The second-order valence-corrected chi connectivity index (χ2v) is 6.74. The van der Waals surface area contributed by atoms with Gasteiger partial charge in [-0.1, -0.05) is 42.5 Å². The number of aliphatic imine (C=N–C) groups is 1. The number of hydrogen-bond donors (Lipinski definition) is 3. The van der Waals surface area contributed by atoms with E-state index in [0.717, 1.165) is 6.42 Å². The lowest BCUT2D eigenvalue weighted by Crippen LogP contribution is -2.42. The average molecular weight is 413 g/mol. The first-order chi connectivity index (χ1) is 14.6. The molecule has 7 heteroatoms. The molecule has 0 heterocycles. The van der Waals surface area contributed by atoms with Gasteiger partial charge in [-0.15, -0.1) is 0 Å². The Morgan fingerprint density at radius 2 is 1.70 bits per heavy atom. The van der Waals surface area contributed by atoms with Crippen LogP contribution in [0.4, 0.5) is 0 Å². The van der Waals surface area contributed by atoms with Gasteiger partial charge in [-0.05, 0) is 38.0 Å². The molecule has 1 amide bonds. The second kappa shape index (κ2) is 13.1. The van der Waals surface area contributed by atoms with Crippen LogP contribution in [-0.4, -0.2) is 51.3 Å². The number of nitrogens with zero attached hydrogens (tertiary/aromatic N) is 1. The van der Waals surface area contributed by atoms with Crippen LogP contribution in [0.25, 0.3) is 0 Å². The molecule has 0 fully saturated rings. The average Bonchev–Trinajstić information content (AvgIpc) is 2.77. The smallest absolute Gasteiger partial charge is 0.241 e. The van der Waals surface area contributed by atoms with Gasteiger partial charge in [0.2, 0.25) is 5.91 Å². The van der Waals surface area contributed by atoms with Gasteiger partial charge in [-0.2, -0.15) is 0 Å². The first-order valence-corrected chi connectivity index (χ1v) is 10.2. The fraction of sp³-hybridized carbons (Fsp3) is 0.391. The molecule has 0 aliphatic carbocycles. The van der Waals surface area contributed by atoms with E-state index in [0.29, 0.717) is 37.1 Å². The summed E-state index contributed by atoms with van der Waals surface area (Å²) >= 11 is 0. The molecule has 0 aromatic heterocycles. The lowest BCUT2D eigenvalue weighted by molar-refractivity contribution is -0.119. The number of para-hydroxylation sites is 2. The summed E-state index contributed by atoms with van der Waals surface area (Å²) in [6.07, 6.45) is 0.678. The quantitative estimate of drug-likeness (QED) is 0.390. The van der Waals surface area contributed by atoms with E-state index in [4.69, 9.17) is 9.47 Å². The van der Waals surface area contributed by atoms with Gasteiger partial charge in [0.15, 0.2) is 17.5 Å². The Hall–Kier alpha value is -3.22. The molecule has 1 unspecified atom stereocenters. The van der Waals surface area contributed by atoms with Gasteiger partial charge in [0.05, 0.1) is 13.7 Å². The van der Waals surface area contributed by atoms with Crippen LogP contribution in [0.3, 0.4) is 0 Å². The maximum Gasteiger partial charge on any atom is 0.241 e. The van der Waals surface area contributed by atoms with Crippen LogP contribution in [0.2, 0.25) is 0 Å². The molecule has 162 valence electrons. The lowest BCUT2D eigenvalue weighted by atomic mass is 10.1. The number of methoxy groups -OCH3 is 1.